The smallest absolute Gasteiger partial charge is 0.208 e. The van der Waals surface area contributed by atoms with Crippen LogP contribution in [0.15, 0.2) is 40.9 Å². The predicted octanol–water partition coefficient (Wildman–Crippen LogP) is 2.35. The Bertz CT molecular complexity index is 792. The molecule has 6 nitrogen and oxygen atoms in total. The molecule has 1 aliphatic heterocycles. The molecule has 4 rings (SSSR count). The van der Waals surface area contributed by atoms with Crippen molar-refractivity contribution in [3.8, 4) is 11.3 Å². The molecule has 1 aliphatic rings. The van der Waals surface area contributed by atoms with E-state index < -0.39 is 0 Å². The van der Waals surface area contributed by atoms with Crippen LogP contribution < -0.4 is 5.32 Å². The van der Waals surface area contributed by atoms with E-state index in [2.05, 4.69) is 20.4 Å². The number of hydrogen-bond acceptors (Lipinski definition) is 5. The van der Waals surface area contributed by atoms with Gasteiger partial charge in [0.1, 0.15) is 11.6 Å². The summed E-state index contributed by atoms with van der Waals surface area (Å²) in [6.45, 7) is 3.41. The third kappa shape index (κ3) is 3.03. The molecule has 0 radical (unpaired) electrons. The Kier molecular flexibility index (Phi) is 3.67. The summed E-state index contributed by atoms with van der Waals surface area (Å²) in [4.78, 5) is 8.80. The topological polar surface area (TPSA) is 68.8 Å². The Labute approximate surface area is 134 Å². The first kappa shape index (κ1) is 14.1. The quantitative estimate of drug-likeness (QED) is 0.801. The second kappa shape index (κ2) is 5.96. The number of fused-ring (bicyclic) bond motifs is 1. The minimum atomic E-state index is 0.371. The Morgan fingerprint density at radius 1 is 1.30 bits per heavy atom. The summed E-state index contributed by atoms with van der Waals surface area (Å²) in [7, 11) is 0. The normalized spacial score (nSPS) is 17.2. The monoisotopic (exact) mass is 309 g/mol. The van der Waals surface area contributed by atoms with Gasteiger partial charge in [0.15, 0.2) is 5.76 Å². The molecule has 1 atom stereocenters. The zero-order chi connectivity index (χ0) is 15.6. The number of aromatic nitrogens is 4. The maximum Gasteiger partial charge on any atom is 0.208 e. The molecule has 0 spiro atoms. The summed E-state index contributed by atoms with van der Waals surface area (Å²) in [6.07, 6.45) is 3.80. The van der Waals surface area contributed by atoms with Crippen molar-refractivity contribution in [2.75, 3.05) is 0 Å². The highest BCUT2D eigenvalue weighted by Gasteiger charge is 2.20. The number of rotatable bonds is 4. The fourth-order valence-corrected chi connectivity index (χ4v) is 2.96. The van der Waals surface area contributed by atoms with Crippen LogP contribution >= 0.6 is 0 Å². The van der Waals surface area contributed by atoms with Gasteiger partial charge in [-0.1, -0.05) is 30.3 Å². The standard InChI is InChI=1S/C17H19N5O/c1-12-20-16-8-7-14(11-22(16)21-12)18-10-17-19-9-15(23-17)13-5-3-2-4-6-13/h2-6,9,14,18H,7-8,10-11H2,1H3/t14-/m1/s1. The van der Waals surface area contributed by atoms with Crippen LogP contribution in [0.4, 0.5) is 0 Å². The van der Waals surface area contributed by atoms with Crippen molar-refractivity contribution in [3.05, 3.63) is 54.1 Å². The maximum absolute atomic E-state index is 5.83. The van der Waals surface area contributed by atoms with Crippen LogP contribution in [-0.4, -0.2) is 25.8 Å². The SMILES string of the molecule is Cc1nc2n(n1)C[C@H](NCc1ncc(-c3ccccc3)o1)CC2. The van der Waals surface area contributed by atoms with Gasteiger partial charge in [-0.15, -0.1) is 0 Å². The van der Waals surface area contributed by atoms with E-state index in [4.69, 9.17) is 4.42 Å². The van der Waals surface area contributed by atoms with E-state index in [1.165, 1.54) is 0 Å². The highest BCUT2D eigenvalue weighted by atomic mass is 16.4. The van der Waals surface area contributed by atoms with E-state index in [0.29, 0.717) is 18.5 Å². The van der Waals surface area contributed by atoms with Gasteiger partial charge < -0.3 is 9.73 Å². The lowest BCUT2D eigenvalue weighted by Gasteiger charge is -2.22. The van der Waals surface area contributed by atoms with Crippen LogP contribution in [-0.2, 0) is 19.5 Å². The van der Waals surface area contributed by atoms with E-state index in [1.54, 1.807) is 6.20 Å². The molecule has 6 heteroatoms. The van der Waals surface area contributed by atoms with Gasteiger partial charge in [0, 0.05) is 18.0 Å². The van der Waals surface area contributed by atoms with E-state index >= 15 is 0 Å². The molecule has 0 amide bonds. The molecule has 0 saturated carbocycles. The number of nitrogens with zero attached hydrogens (tertiary/aromatic N) is 4. The molecule has 0 bridgehead atoms. The molecule has 2 aromatic heterocycles. The molecular formula is C17H19N5O. The number of hydrogen-bond donors (Lipinski definition) is 1. The maximum atomic E-state index is 5.83. The summed E-state index contributed by atoms with van der Waals surface area (Å²) in [5.74, 6) is 3.45. The lowest BCUT2D eigenvalue weighted by atomic mass is 10.1. The fraction of sp³-hybridized carbons (Fsp3) is 0.353. The van der Waals surface area contributed by atoms with Gasteiger partial charge in [0.25, 0.3) is 0 Å². The summed E-state index contributed by atoms with van der Waals surface area (Å²) >= 11 is 0. The first-order chi connectivity index (χ1) is 11.3. The molecule has 118 valence electrons. The summed E-state index contributed by atoms with van der Waals surface area (Å²) in [6, 6.07) is 10.4. The molecule has 0 saturated heterocycles. The van der Waals surface area contributed by atoms with Gasteiger partial charge in [0.05, 0.1) is 19.3 Å². The van der Waals surface area contributed by atoms with E-state index in [1.807, 2.05) is 41.9 Å². The van der Waals surface area contributed by atoms with Gasteiger partial charge in [-0.05, 0) is 13.3 Å². The highest BCUT2D eigenvalue weighted by molar-refractivity contribution is 5.55. The highest BCUT2D eigenvalue weighted by Crippen LogP contribution is 2.20. The average molecular weight is 309 g/mol. The molecule has 0 aliphatic carbocycles. The molecule has 1 aromatic carbocycles. The number of aryl methyl sites for hydroxylation is 2. The van der Waals surface area contributed by atoms with Crippen LogP contribution in [0.1, 0.15) is 24.0 Å². The molecular weight excluding hydrogens is 290 g/mol. The van der Waals surface area contributed by atoms with Crippen LogP contribution in [0.3, 0.4) is 0 Å². The second-order valence-electron chi connectivity index (χ2n) is 5.86. The summed E-state index contributed by atoms with van der Waals surface area (Å²) < 4.78 is 7.83. The minimum Gasteiger partial charge on any atom is -0.439 e. The summed E-state index contributed by atoms with van der Waals surface area (Å²) in [5.41, 5.74) is 1.05. The van der Waals surface area contributed by atoms with Crippen LogP contribution in [0.25, 0.3) is 11.3 Å². The summed E-state index contributed by atoms with van der Waals surface area (Å²) in [5, 5.41) is 7.93. The van der Waals surface area contributed by atoms with Gasteiger partial charge in [0.2, 0.25) is 5.89 Å². The van der Waals surface area contributed by atoms with Crippen molar-refractivity contribution in [3.63, 3.8) is 0 Å². The molecule has 1 N–H and O–H groups in total. The molecule has 0 fully saturated rings. The van der Waals surface area contributed by atoms with E-state index in [9.17, 15) is 0 Å². The first-order valence-corrected chi connectivity index (χ1v) is 7.92. The minimum absolute atomic E-state index is 0.371. The zero-order valence-electron chi connectivity index (χ0n) is 13.1. The van der Waals surface area contributed by atoms with Crippen molar-refractivity contribution in [2.24, 2.45) is 0 Å². The van der Waals surface area contributed by atoms with Gasteiger partial charge >= 0.3 is 0 Å². The molecule has 23 heavy (non-hydrogen) atoms. The van der Waals surface area contributed by atoms with Gasteiger partial charge in [-0.25, -0.2) is 14.6 Å². The Balaban J connectivity index is 1.38. The second-order valence-corrected chi connectivity index (χ2v) is 5.86. The number of oxazole rings is 1. The third-order valence-electron chi connectivity index (χ3n) is 4.12. The molecule has 3 aromatic rings. The Morgan fingerprint density at radius 2 is 2.17 bits per heavy atom. The Hall–Kier alpha value is -2.47. The lowest BCUT2D eigenvalue weighted by Crippen LogP contribution is -2.37. The third-order valence-corrected chi connectivity index (χ3v) is 4.12. The van der Waals surface area contributed by atoms with Crippen molar-refractivity contribution in [2.45, 2.75) is 38.9 Å². The molecule has 3 heterocycles. The van der Waals surface area contributed by atoms with Crippen molar-refractivity contribution in [1.82, 2.24) is 25.1 Å². The zero-order valence-corrected chi connectivity index (χ0v) is 13.1. The van der Waals surface area contributed by atoms with Gasteiger partial charge in [-0.3, -0.25) is 0 Å². The van der Waals surface area contributed by atoms with Gasteiger partial charge in [-0.2, -0.15) is 5.10 Å². The van der Waals surface area contributed by atoms with Crippen LogP contribution in [0, 0.1) is 6.92 Å². The predicted molar refractivity (Wildman–Crippen MR) is 85.6 cm³/mol. The fourth-order valence-electron chi connectivity index (χ4n) is 2.96. The van der Waals surface area contributed by atoms with Crippen LogP contribution in [0.5, 0.6) is 0 Å². The Morgan fingerprint density at radius 3 is 3.04 bits per heavy atom. The first-order valence-electron chi connectivity index (χ1n) is 7.92. The van der Waals surface area contributed by atoms with Crippen molar-refractivity contribution in [1.29, 1.82) is 0 Å². The number of benzene rings is 1. The van der Waals surface area contributed by atoms with Crippen molar-refractivity contribution < 1.29 is 4.42 Å². The van der Waals surface area contributed by atoms with E-state index in [-0.39, 0.29) is 0 Å². The number of nitrogens with one attached hydrogen (secondary N) is 1. The van der Waals surface area contributed by atoms with Crippen LogP contribution in [0.2, 0.25) is 0 Å². The van der Waals surface area contributed by atoms with Crippen molar-refractivity contribution >= 4 is 0 Å². The largest absolute Gasteiger partial charge is 0.439 e. The molecule has 0 unspecified atom stereocenters. The lowest BCUT2D eigenvalue weighted by molar-refractivity contribution is 0.342. The average Bonchev–Trinajstić information content (AvgIpc) is 3.18. The van der Waals surface area contributed by atoms with E-state index in [0.717, 1.165) is 42.4 Å².